The molecule has 0 aromatic carbocycles. The van der Waals surface area contributed by atoms with Gasteiger partial charge in [-0.1, -0.05) is 22.9 Å². The van der Waals surface area contributed by atoms with Crippen LogP contribution >= 0.6 is 15.9 Å². The zero-order valence-electron chi connectivity index (χ0n) is 10.5. The molecule has 1 N–H and O–H groups in total. The molecular weight excluding hydrogens is 266 g/mol. The summed E-state index contributed by atoms with van der Waals surface area (Å²) in [6.07, 6.45) is 2.36. The number of nitrogens with zero attached hydrogens (tertiary/aromatic N) is 2. The van der Waals surface area contributed by atoms with Gasteiger partial charge in [-0.2, -0.15) is 5.10 Å². The Labute approximate surface area is 107 Å². The highest BCUT2D eigenvalue weighted by Gasteiger charge is 2.04. The monoisotopic (exact) mass is 287 g/mol. The molecule has 0 radical (unpaired) electrons. The van der Waals surface area contributed by atoms with Crippen molar-refractivity contribution in [2.24, 2.45) is 0 Å². The molecule has 0 bridgehead atoms. The Bertz CT molecular complexity index is 309. The van der Waals surface area contributed by atoms with E-state index in [1.165, 1.54) is 18.5 Å². The molecule has 3 nitrogen and oxygen atoms in total. The minimum absolute atomic E-state index is 0.637. The van der Waals surface area contributed by atoms with Gasteiger partial charge in [0.15, 0.2) is 0 Å². The van der Waals surface area contributed by atoms with Crippen LogP contribution in [-0.2, 0) is 13.1 Å². The molecule has 16 heavy (non-hydrogen) atoms. The molecule has 1 aromatic heterocycles. The Kier molecular flexibility index (Phi) is 6.06. The molecule has 92 valence electrons. The highest BCUT2D eigenvalue weighted by atomic mass is 79.9. The third kappa shape index (κ3) is 4.26. The van der Waals surface area contributed by atoms with Crippen LogP contribution in [0.2, 0.25) is 0 Å². The molecule has 0 fully saturated rings. The molecular formula is C12H22BrN3. The number of nitrogens with one attached hydrogen (secondary N) is 1. The van der Waals surface area contributed by atoms with Gasteiger partial charge in [-0.3, -0.25) is 4.68 Å². The van der Waals surface area contributed by atoms with Gasteiger partial charge < -0.3 is 5.32 Å². The molecule has 0 spiro atoms. The topological polar surface area (TPSA) is 29.9 Å². The molecule has 0 aliphatic heterocycles. The van der Waals surface area contributed by atoms with Crippen LogP contribution in [0.25, 0.3) is 0 Å². The summed E-state index contributed by atoms with van der Waals surface area (Å²) in [5, 5.41) is 7.89. The first kappa shape index (κ1) is 13.7. The third-order valence-electron chi connectivity index (χ3n) is 2.67. The maximum absolute atomic E-state index is 4.43. The largest absolute Gasteiger partial charge is 0.311 e. The summed E-state index contributed by atoms with van der Waals surface area (Å²) in [6.45, 7) is 9.29. The third-order valence-corrected chi connectivity index (χ3v) is 3.77. The molecule has 0 aliphatic carbocycles. The Balaban J connectivity index is 2.31. The lowest BCUT2D eigenvalue weighted by Gasteiger charge is -2.09. The number of aromatic nitrogens is 2. The maximum Gasteiger partial charge on any atom is 0.0597 e. The average molecular weight is 288 g/mol. The number of rotatable bonds is 7. The van der Waals surface area contributed by atoms with Crippen molar-refractivity contribution in [2.75, 3.05) is 6.54 Å². The second-order valence-corrected chi connectivity index (χ2v) is 5.36. The van der Waals surface area contributed by atoms with Gasteiger partial charge in [0, 0.05) is 17.9 Å². The fourth-order valence-electron chi connectivity index (χ4n) is 1.69. The SMILES string of the molecule is CCC(Br)CCNCc1cc(C)nn1CC. The van der Waals surface area contributed by atoms with Crippen LogP contribution in [0.1, 0.15) is 38.1 Å². The van der Waals surface area contributed by atoms with Crippen LogP contribution in [0.15, 0.2) is 6.07 Å². The van der Waals surface area contributed by atoms with Gasteiger partial charge in [0.2, 0.25) is 0 Å². The fraction of sp³-hybridized carbons (Fsp3) is 0.750. The highest BCUT2D eigenvalue weighted by Crippen LogP contribution is 2.08. The molecule has 1 unspecified atom stereocenters. The summed E-state index contributed by atoms with van der Waals surface area (Å²) in [5.74, 6) is 0. The van der Waals surface area contributed by atoms with Gasteiger partial charge in [-0.05, 0) is 39.3 Å². The van der Waals surface area contributed by atoms with Gasteiger partial charge >= 0.3 is 0 Å². The van der Waals surface area contributed by atoms with Crippen molar-refractivity contribution < 1.29 is 0 Å². The summed E-state index contributed by atoms with van der Waals surface area (Å²) in [4.78, 5) is 0.637. The molecule has 0 saturated carbocycles. The second kappa shape index (κ2) is 7.07. The van der Waals surface area contributed by atoms with E-state index in [4.69, 9.17) is 0 Å². The van der Waals surface area contributed by atoms with Crippen LogP contribution < -0.4 is 5.32 Å². The number of halogens is 1. The van der Waals surface area contributed by atoms with Gasteiger partial charge in [0.05, 0.1) is 11.4 Å². The van der Waals surface area contributed by atoms with Gasteiger partial charge in [0.25, 0.3) is 0 Å². The smallest absolute Gasteiger partial charge is 0.0597 e. The van der Waals surface area contributed by atoms with Crippen molar-refractivity contribution in [3.63, 3.8) is 0 Å². The molecule has 1 aromatic rings. The molecule has 1 rings (SSSR count). The van der Waals surface area contributed by atoms with Crippen molar-refractivity contribution in [1.29, 1.82) is 0 Å². The Hall–Kier alpha value is -0.350. The zero-order chi connectivity index (χ0) is 12.0. The molecule has 0 saturated heterocycles. The van der Waals surface area contributed by atoms with Crippen LogP contribution in [-0.4, -0.2) is 21.2 Å². The molecule has 1 atom stereocenters. The van der Waals surface area contributed by atoms with Crippen molar-refractivity contribution in [2.45, 2.75) is 51.5 Å². The number of alkyl halides is 1. The molecule has 1 heterocycles. The minimum atomic E-state index is 0.637. The van der Waals surface area contributed by atoms with Crippen molar-refractivity contribution in [1.82, 2.24) is 15.1 Å². The number of hydrogen-bond donors (Lipinski definition) is 1. The van der Waals surface area contributed by atoms with Crippen molar-refractivity contribution in [3.05, 3.63) is 17.5 Å². The predicted molar refractivity (Wildman–Crippen MR) is 72.0 cm³/mol. The maximum atomic E-state index is 4.43. The Morgan fingerprint density at radius 3 is 2.88 bits per heavy atom. The Morgan fingerprint density at radius 2 is 2.25 bits per heavy atom. The van der Waals surface area contributed by atoms with Crippen molar-refractivity contribution >= 4 is 15.9 Å². The van der Waals surface area contributed by atoms with Crippen LogP contribution in [0.4, 0.5) is 0 Å². The molecule has 0 aliphatic rings. The van der Waals surface area contributed by atoms with E-state index in [1.54, 1.807) is 0 Å². The van der Waals surface area contributed by atoms with Crippen LogP contribution in [0.3, 0.4) is 0 Å². The van der Waals surface area contributed by atoms with Crippen molar-refractivity contribution in [3.8, 4) is 0 Å². The zero-order valence-corrected chi connectivity index (χ0v) is 12.0. The summed E-state index contributed by atoms with van der Waals surface area (Å²) in [5.41, 5.74) is 2.38. The van der Waals surface area contributed by atoms with E-state index in [1.807, 2.05) is 6.92 Å². The summed E-state index contributed by atoms with van der Waals surface area (Å²) >= 11 is 3.64. The molecule has 0 amide bonds. The first-order valence-electron chi connectivity index (χ1n) is 6.05. The number of hydrogen-bond acceptors (Lipinski definition) is 2. The lowest BCUT2D eigenvalue weighted by molar-refractivity contribution is 0.567. The average Bonchev–Trinajstić information content (AvgIpc) is 2.64. The minimum Gasteiger partial charge on any atom is -0.311 e. The fourth-order valence-corrected chi connectivity index (χ4v) is 1.92. The van der Waals surface area contributed by atoms with E-state index in [9.17, 15) is 0 Å². The van der Waals surface area contributed by atoms with E-state index in [2.05, 4.69) is 50.9 Å². The van der Waals surface area contributed by atoms with E-state index in [0.29, 0.717) is 4.83 Å². The van der Waals surface area contributed by atoms with E-state index in [-0.39, 0.29) is 0 Å². The van der Waals surface area contributed by atoms with E-state index in [0.717, 1.165) is 25.3 Å². The van der Waals surface area contributed by atoms with Gasteiger partial charge in [0.1, 0.15) is 0 Å². The van der Waals surface area contributed by atoms with Crippen LogP contribution in [0.5, 0.6) is 0 Å². The standard InChI is InChI=1S/C12H22BrN3/c1-4-11(13)6-7-14-9-12-8-10(3)15-16(12)5-2/h8,11,14H,4-7,9H2,1-3H3. The van der Waals surface area contributed by atoms with Gasteiger partial charge in [-0.15, -0.1) is 0 Å². The summed E-state index contributed by atoms with van der Waals surface area (Å²) < 4.78 is 2.06. The number of aryl methyl sites for hydroxylation is 2. The normalized spacial score (nSPS) is 13.0. The van der Waals surface area contributed by atoms with Gasteiger partial charge in [-0.25, -0.2) is 0 Å². The lowest BCUT2D eigenvalue weighted by Crippen LogP contribution is -2.19. The predicted octanol–water partition coefficient (Wildman–Crippen LogP) is 2.86. The summed E-state index contributed by atoms with van der Waals surface area (Å²) in [7, 11) is 0. The summed E-state index contributed by atoms with van der Waals surface area (Å²) in [6, 6.07) is 2.15. The second-order valence-electron chi connectivity index (χ2n) is 4.06. The first-order chi connectivity index (χ1) is 7.67. The Morgan fingerprint density at radius 1 is 1.50 bits per heavy atom. The highest BCUT2D eigenvalue weighted by molar-refractivity contribution is 9.09. The van der Waals surface area contributed by atoms with E-state index < -0.39 is 0 Å². The quantitative estimate of drug-likeness (QED) is 0.617. The van der Waals surface area contributed by atoms with Crippen LogP contribution in [0, 0.1) is 6.92 Å². The molecule has 4 heteroatoms. The lowest BCUT2D eigenvalue weighted by atomic mass is 10.2. The van der Waals surface area contributed by atoms with E-state index >= 15 is 0 Å². The first-order valence-corrected chi connectivity index (χ1v) is 6.97.